The molecule has 0 unspecified atom stereocenters. The fraction of sp³-hybridized carbons (Fsp3) is 0.154. The van der Waals surface area contributed by atoms with Crippen LogP contribution < -0.4 is 4.31 Å². The van der Waals surface area contributed by atoms with Crippen molar-refractivity contribution in [3.05, 3.63) is 95.2 Å². The average molecular weight is 478 g/mol. The number of aryl methyl sites for hydroxylation is 2. The molecule has 0 N–H and O–H groups in total. The molecule has 0 aliphatic rings. The number of amides is 1. The first-order chi connectivity index (χ1) is 16.3. The van der Waals surface area contributed by atoms with Gasteiger partial charge in [0.2, 0.25) is 0 Å². The number of rotatable bonds is 6. The largest absolute Gasteiger partial charge is 0.465 e. The van der Waals surface area contributed by atoms with E-state index >= 15 is 0 Å². The highest BCUT2D eigenvalue weighted by Gasteiger charge is 2.33. The molecule has 0 bridgehead atoms. The molecular formula is C26H23NO6S. The summed E-state index contributed by atoms with van der Waals surface area (Å²) in [7, 11) is -3.04. The fourth-order valence-corrected chi connectivity index (χ4v) is 5.16. The summed E-state index contributed by atoms with van der Waals surface area (Å²) in [6, 6.07) is 19.0. The highest BCUT2D eigenvalue weighted by Crippen LogP contribution is 2.33. The average Bonchev–Trinajstić information content (AvgIpc) is 3.19. The number of carbonyl (C=O) groups is 2. The molecule has 0 aliphatic heterocycles. The number of esters is 1. The zero-order valence-electron chi connectivity index (χ0n) is 18.9. The first kappa shape index (κ1) is 23.3. The maximum atomic E-state index is 13.8. The van der Waals surface area contributed by atoms with Crippen LogP contribution in [0.15, 0.2) is 82.1 Å². The van der Waals surface area contributed by atoms with E-state index < -0.39 is 21.9 Å². The van der Waals surface area contributed by atoms with Gasteiger partial charge in [-0.1, -0.05) is 37.3 Å². The second kappa shape index (κ2) is 9.15. The number of carbonyl (C=O) groups excluding carboxylic acids is 2. The normalized spacial score (nSPS) is 11.4. The van der Waals surface area contributed by atoms with E-state index in [1.807, 2.05) is 6.92 Å². The summed E-state index contributed by atoms with van der Waals surface area (Å²) in [5, 5.41) is 0.351. The van der Waals surface area contributed by atoms with Gasteiger partial charge in [0.05, 0.1) is 17.7 Å². The molecule has 0 atom stereocenters. The van der Waals surface area contributed by atoms with Crippen molar-refractivity contribution in [2.24, 2.45) is 0 Å². The number of furan rings is 1. The molecule has 1 heterocycles. The highest BCUT2D eigenvalue weighted by atomic mass is 32.2. The van der Waals surface area contributed by atoms with E-state index in [1.165, 1.54) is 37.4 Å². The van der Waals surface area contributed by atoms with Gasteiger partial charge in [-0.3, -0.25) is 4.79 Å². The third-order valence-electron chi connectivity index (χ3n) is 5.55. The Morgan fingerprint density at radius 2 is 1.65 bits per heavy atom. The van der Waals surface area contributed by atoms with Crippen LogP contribution in [0.4, 0.5) is 5.69 Å². The first-order valence-corrected chi connectivity index (χ1v) is 12.1. The van der Waals surface area contributed by atoms with Gasteiger partial charge in [0.25, 0.3) is 15.9 Å². The summed E-state index contributed by atoms with van der Waals surface area (Å²) in [4.78, 5) is 25.9. The number of methoxy groups -OCH3 is 1. The van der Waals surface area contributed by atoms with Crippen molar-refractivity contribution >= 4 is 38.6 Å². The highest BCUT2D eigenvalue weighted by molar-refractivity contribution is 7.93. The molecule has 0 saturated heterocycles. The molecule has 1 amide bonds. The Morgan fingerprint density at radius 1 is 0.971 bits per heavy atom. The van der Waals surface area contributed by atoms with Gasteiger partial charge in [0.15, 0.2) is 0 Å². The van der Waals surface area contributed by atoms with Crippen molar-refractivity contribution in [3.63, 3.8) is 0 Å². The summed E-state index contributed by atoms with van der Waals surface area (Å²) in [6.07, 6.45) is 0.750. The molecule has 0 saturated carbocycles. The molecule has 0 spiro atoms. The van der Waals surface area contributed by atoms with Crippen LogP contribution in [0.5, 0.6) is 0 Å². The number of anilines is 1. The van der Waals surface area contributed by atoms with Crippen molar-refractivity contribution in [3.8, 4) is 0 Å². The second-order valence-electron chi connectivity index (χ2n) is 7.64. The van der Waals surface area contributed by atoms with Gasteiger partial charge in [-0.25, -0.2) is 13.2 Å². The maximum Gasteiger partial charge on any atom is 0.342 e. The Balaban J connectivity index is 1.93. The minimum absolute atomic E-state index is 0.0226. The SMILES string of the molecule is CCc1ccc(S(=O)(=O)N(C(=O)c2ccccc2)c2ccc3oc(C)c(C(=O)OC)c3c2)cc1. The number of benzene rings is 3. The van der Waals surface area contributed by atoms with Crippen LogP contribution in [-0.2, 0) is 21.2 Å². The van der Waals surface area contributed by atoms with E-state index in [2.05, 4.69) is 0 Å². The quantitative estimate of drug-likeness (QED) is 0.358. The maximum absolute atomic E-state index is 13.8. The third-order valence-corrected chi connectivity index (χ3v) is 7.27. The van der Waals surface area contributed by atoms with Crippen LogP contribution in [0, 0.1) is 6.92 Å². The van der Waals surface area contributed by atoms with E-state index in [0.717, 1.165) is 16.3 Å². The Bertz CT molecular complexity index is 1470. The van der Waals surface area contributed by atoms with Crippen LogP contribution in [0.1, 0.15) is 39.0 Å². The molecule has 4 aromatic rings. The van der Waals surface area contributed by atoms with Crippen LogP contribution in [0.2, 0.25) is 0 Å². The van der Waals surface area contributed by atoms with Crippen LogP contribution in [0.25, 0.3) is 11.0 Å². The van der Waals surface area contributed by atoms with Crippen LogP contribution in [0.3, 0.4) is 0 Å². The van der Waals surface area contributed by atoms with Crippen molar-refractivity contribution in [2.75, 3.05) is 11.4 Å². The fourth-order valence-electron chi connectivity index (χ4n) is 3.76. The molecule has 3 aromatic carbocycles. The number of fused-ring (bicyclic) bond motifs is 1. The Morgan fingerprint density at radius 3 is 2.26 bits per heavy atom. The predicted octanol–water partition coefficient (Wildman–Crippen LogP) is 5.13. The van der Waals surface area contributed by atoms with E-state index in [0.29, 0.717) is 16.7 Å². The molecule has 34 heavy (non-hydrogen) atoms. The van der Waals surface area contributed by atoms with Gasteiger partial charge in [0.1, 0.15) is 16.9 Å². The Labute approximate surface area is 197 Å². The lowest BCUT2D eigenvalue weighted by Gasteiger charge is -2.23. The van der Waals surface area contributed by atoms with E-state index in [1.54, 1.807) is 49.4 Å². The lowest BCUT2D eigenvalue weighted by atomic mass is 10.1. The third kappa shape index (κ3) is 4.08. The number of nitrogens with zero attached hydrogens (tertiary/aromatic N) is 1. The molecule has 0 radical (unpaired) electrons. The summed E-state index contributed by atoms with van der Waals surface area (Å²) in [5.41, 5.74) is 1.80. The standard InChI is InChI=1S/C26H23NO6S/c1-4-18-10-13-21(14-11-18)34(30,31)27(25(28)19-8-6-5-7-9-19)20-12-15-23-22(16-20)24(17(2)33-23)26(29)32-3/h5-16H,4H2,1-3H3. The molecule has 4 rings (SSSR count). The summed E-state index contributed by atoms with van der Waals surface area (Å²) < 4.78 is 38.8. The predicted molar refractivity (Wildman–Crippen MR) is 129 cm³/mol. The zero-order valence-corrected chi connectivity index (χ0v) is 19.8. The first-order valence-electron chi connectivity index (χ1n) is 10.6. The second-order valence-corrected chi connectivity index (χ2v) is 9.43. The van der Waals surface area contributed by atoms with E-state index in [9.17, 15) is 18.0 Å². The van der Waals surface area contributed by atoms with Crippen LogP contribution in [-0.4, -0.2) is 27.4 Å². The number of sulfonamides is 1. The molecule has 1 aromatic heterocycles. The molecular weight excluding hydrogens is 454 g/mol. The van der Waals surface area contributed by atoms with E-state index in [-0.39, 0.29) is 21.7 Å². The van der Waals surface area contributed by atoms with Gasteiger partial charge in [-0.15, -0.1) is 0 Å². The lowest BCUT2D eigenvalue weighted by Crippen LogP contribution is -2.37. The monoisotopic (exact) mass is 477 g/mol. The molecule has 174 valence electrons. The van der Waals surface area contributed by atoms with Gasteiger partial charge in [-0.05, 0) is 61.4 Å². The van der Waals surface area contributed by atoms with Crippen LogP contribution >= 0.6 is 0 Å². The summed E-state index contributed by atoms with van der Waals surface area (Å²) in [5.74, 6) is -1.01. The lowest BCUT2D eigenvalue weighted by molar-refractivity contribution is 0.0600. The Kier molecular flexibility index (Phi) is 6.26. The minimum Gasteiger partial charge on any atom is -0.465 e. The van der Waals surface area contributed by atoms with Gasteiger partial charge in [0, 0.05) is 10.9 Å². The van der Waals surface area contributed by atoms with Gasteiger partial charge in [-0.2, -0.15) is 4.31 Å². The summed E-state index contributed by atoms with van der Waals surface area (Å²) >= 11 is 0. The molecule has 8 heteroatoms. The van der Waals surface area contributed by atoms with Crippen molar-refractivity contribution < 1.29 is 27.2 Å². The minimum atomic E-state index is -4.29. The van der Waals surface area contributed by atoms with Gasteiger partial charge < -0.3 is 9.15 Å². The topological polar surface area (TPSA) is 93.9 Å². The van der Waals surface area contributed by atoms with Crippen molar-refractivity contribution in [1.29, 1.82) is 0 Å². The van der Waals surface area contributed by atoms with E-state index in [4.69, 9.17) is 9.15 Å². The summed E-state index contributed by atoms with van der Waals surface area (Å²) in [6.45, 7) is 3.58. The number of hydrogen-bond donors (Lipinski definition) is 0. The number of hydrogen-bond acceptors (Lipinski definition) is 6. The molecule has 0 aliphatic carbocycles. The van der Waals surface area contributed by atoms with Crippen molar-refractivity contribution in [1.82, 2.24) is 0 Å². The smallest absolute Gasteiger partial charge is 0.342 e. The molecule has 7 nitrogen and oxygen atoms in total. The van der Waals surface area contributed by atoms with Gasteiger partial charge >= 0.3 is 5.97 Å². The van der Waals surface area contributed by atoms with Crippen molar-refractivity contribution in [2.45, 2.75) is 25.2 Å². The number of ether oxygens (including phenoxy) is 1. The zero-order chi connectivity index (χ0) is 24.5. The Hall–Kier alpha value is -3.91. The molecule has 0 fully saturated rings.